The largest absolute Gasteiger partial charge is 0.493 e. The molecule has 0 radical (unpaired) electrons. The lowest BCUT2D eigenvalue weighted by Gasteiger charge is -2.34. The van der Waals surface area contributed by atoms with Crippen molar-refractivity contribution >= 4 is 17.6 Å². The van der Waals surface area contributed by atoms with Gasteiger partial charge in [-0.05, 0) is 36.6 Å². The summed E-state index contributed by atoms with van der Waals surface area (Å²) in [5, 5.41) is 9.68. The van der Waals surface area contributed by atoms with Crippen LogP contribution in [0.25, 0.3) is 0 Å². The Labute approximate surface area is 194 Å². The first-order valence-electron chi connectivity index (χ1n) is 10.4. The Hall–Kier alpha value is -2.81. The lowest BCUT2D eigenvalue weighted by atomic mass is 9.89. The molecule has 1 aliphatic heterocycles. The van der Waals surface area contributed by atoms with E-state index in [4.69, 9.17) is 25.8 Å². The van der Waals surface area contributed by atoms with Gasteiger partial charge in [0.1, 0.15) is 23.0 Å². The molecule has 1 atom stereocenters. The number of rotatable bonds is 10. The Kier molecular flexibility index (Phi) is 7.84. The SMILES string of the molecule is CCC1(C(=O)O)CCc2ccc(OCCCOc3ccc(OCC(F)(F)F)cc3Cl)cc2O1. The summed E-state index contributed by atoms with van der Waals surface area (Å²) >= 11 is 6.04. The number of aliphatic carboxylic acids is 1. The van der Waals surface area contributed by atoms with Crippen LogP contribution in [0.15, 0.2) is 36.4 Å². The van der Waals surface area contributed by atoms with Crippen LogP contribution in [0.1, 0.15) is 31.7 Å². The molecule has 1 N–H and O–H groups in total. The molecule has 0 aliphatic carbocycles. The normalized spacial score (nSPS) is 17.6. The summed E-state index contributed by atoms with van der Waals surface area (Å²) < 4.78 is 58.4. The van der Waals surface area contributed by atoms with Crippen molar-refractivity contribution in [2.24, 2.45) is 0 Å². The van der Waals surface area contributed by atoms with E-state index in [1.54, 1.807) is 19.1 Å². The van der Waals surface area contributed by atoms with Gasteiger partial charge in [-0.1, -0.05) is 24.6 Å². The Balaban J connectivity index is 1.46. The van der Waals surface area contributed by atoms with Crippen LogP contribution in [0.4, 0.5) is 13.2 Å². The van der Waals surface area contributed by atoms with Gasteiger partial charge in [0.05, 0.1) is 18.2 Å². The van der Waals surface area contributed by atoms with E-state index < -0.39 is 24.4 Å². The summed E-state index contributed by atoms with van der Waals surface area (Å²) in [7, 11) is 0. The van der Waals surface area contributed by atoms with Crippen LogP contribution in [0, 0.1) is 0 Å². The summed E-state index contributed by atoms with van der Waals surface area (Å²) in [5.74, 6) is 0.409. The minimum Gasteiger partial charge on any atom is -0.493 e. The molecule has 0 spiro atoms. The molecule has 0 bridgehead atoms. The summed E-state index contributed by atoms with van der Waals surface area (Å²) in [5.41, 5.74) is -0.278. The number of carboxylic acids is 1. The molecule has 0 amide bonds. The summed E-state index contributed by atoms with van der Waals surface area (Å²) in [4.78, 5) is 11.6. The molecule has 0 saturated carbocycles. The summed E-state index contributed by atoms with van der Waals surface area (Å²) in [6, 6.07) is 9.42. The lowest BCUT2D eigenvalue weighted by molar-refractivity contribution is -0.157. The molecule has 1 aliphatic rings. The maximum absolute atomic E-state index is 12.2. The number of hydrogen-bond acceptors (Lipinski definition) is 5. The van der Waals surface area contributed by atoms with Gasteiger partial charge in [0.25, 0.3) is 0 Å². The van der Waals surface area contributed by atoms with E-state index >= 15 is 0 Å². The minimum atomic E-state index is -4.43. The van der Waals surface area contributed by atoms with E-state index in [9.17, 15) is 23.1 Å². The van der Waals surface area contributed by atoms with Crippen molar-refractivity contribution in [2.75, 3.05) is 19.8 Å². The van der Waals surface area contributed by atoms with E-state index in [1.807, 2.05) is 6.07 Å². The number of alkyl halides is 3. The van der Waals surface area contributed by atoms with Crippen molar-refractivity contribution in [3.63, 3.8) is 0 Å². The van der Waals surface area contributed by atoms with Crippen LogP contribution in [-0.4, -0.2) is 42.7 Å². The first-order chi connectivity index (χ1) is 15.6. The molecule has 0 fully saturated rings. The molecule has 180 valence electrons. The summed E-state index contributed by atoms with van der Waals surface area (Å²) in [6.45, 7) is 0.974. The number of ether oxygens (including phenoxy) is 4. The highest BCUT2D eigenvalue weighted by molar-refractivity contribution is 6.32. The second-order valence-electron chi connectivity index (χ2n) is 7.57. The van der Waals surface area contributed by atoms with Crippen LogP contribution < -0.4 is 18.9 Å². The predicted octanol–water partition coefficient (Wildman–Crippen LogP) is 5.69. The zero-order chi connectivity index (χ0) is 24.1. The highest BCUT2D eigenvalue weighted by Crippen LogP contribution is 2.37. The standard InChI is InChI=1S/C23H24ClF3O6/c1-2-22(21(28)29)9-8-15-4-5-17(13-20(15)33-22)30-10-3-11-31-19-7-6-16(12-18(19)24)32-14-23(25,26)27/h4-7,12-13H,2-3,8-11,14H2,1H3,(H,28,29). The first-order valence-corrected chi connectivity index (χ1v) is 10.8. The third-order valence-electron chi connectivity index (χ3n) is 5.22. The Morgan fingerprint density at radius 1 is 1.12 bits per heavy atom. The van der Waals surface area contributed by atoms with Gasteiger partial charge < -0.3 is 24.1 Å². The van der Waals surface area contributed by atoms with E-state index in [-0.39, 0.29) is 17.4 Å². The fraction of sp³-hybridized carbons (Fsp3) is 0.435. The van der Waals surface area contributed by atoms with Crippen molar-refractivity contribution in [2.45, 2.75) is 44.4 Å². The van der Waals surface area contributed by atoms with Gasteiger partial charge >= 0.3 is 12.1 Å². The van der Waals surface area contributed by atoms with Crippen molar-refractivity contribution in [3.05, 3.63) is 47.0 Å². The predicted molar refractivity (Wildman–Crippen MR) is 115 cm³/mol. The van der Waals surface area contributed by atoms with Crippen molar-refractivity contribution < 1.29 is 42.0 Å². The third-order valence-corrected chi connectivity index (χ3v) is 5.52. The highest BCUT2D eigenvalue weighted by Gasteiger charge is 2.42. The molecule has 2 aromatic carbocycles. The number of halogens is 4. The molecule has 33 heavy (non-hydrogen) atoms. The molecular weight excluding hydrogens is 465 g/mol. The molecule has 0 aromatic heterocycles. The smallest absolute Gasteiger partial charge is 0.422 e. The zero-order valence-corrected chi connectivity index (χ0v) is 18.7. The fourth-order valence-corrected chi connectivity index (χ4v) is 3.58. The average Bonchev–Trinajstić information content (AvgIpc) is 2.77. The molecule has 0 saturated heterocycles. The van der Waals surface area contributed by atoms with E-state index in [1.165, 1.54) is 18.2 Å². The molecule has 2 aromatic rings. The number of carbonyl (C=O) groups is 1. The fourth-order valence-electron chi connectivity index (χ4n) is 3.36. The lowest BCUT2D eigenvalue weighted by Crippen LogP contribution is -2.46. The van der Waals surface area contributed by atoms with Crippen molar-refractivity contribution in [1.82, 2.24) is 0 Å². The number of aryl methyl sites for hydroxylation is 1. The van der Waals surface area contributed by atoms with Gasteiger partial charge in [-0.3, -0.25) is 0 Å². The van der Waals surface area contributed by atoms with Crippen LogP contribution in [0.5, 0.6) is 23.0 Å². The molecular formula is C23H24ClF3O6. The van der Waals surface area contributed by atoms with Gasteiger partial charge in [0.2, 0.25) is 5.60 Å². The molecule has 10 heteroatoms. The number of hydrogen-bond donors (Lipinski definition) is 1. The Morgan fingerprint density at radius 2 is 1.82 bits per heavy atom. The van der Waals surface area contributed by atoms with Gasteiger partial charge in [-0.2, -0.15) is 13.2 Å². The molecule has 6 nitrogen and oxygen atoms in total. The van der Waals surface area contributed by atoms with Gasteiger partial charge in [-0.25, -0.2) is 4.79 Å². The maximum Gasteiger partial charge on any atom is 0.422 e. The average molecular weight is 489 g/mol. The van der Waals surface area contributed by atoms with E-state index in [0.29, 0.717) is 49.5 Å². The maximum atomic E-state index is 12.2. The second-order valence-corrected chi connectivity index (χ2v) is 7.98. The van der Waals surface area contributed by atoms with Crippen LogP contribution in [-0.2, 0) is 11.2 Å². The number of benzene rings is 2. The Bertz CT molecular complexity index is 981. The monoisotopic (exact) mass is 488 g/mol. The molecule has 1 heterocycles. The first kappa shape index (κ1) is 24.8. The van der Waals surface area contributed by atoms with Gasteiger partial charge in [0.15, 0.2) is 6.61 Å². The van der Waals surface area contributed by atoms with Crippen molar-refractivity contribution in [3.8, 4) is 23.0 Å². The van der Waals surface area contributed by atoms with E-state index in [0.717, 1.165) is 5.56 Å². The number of carboxylic acid groups (broad SMARTS) is 1. The zero-order valence-electron chi connectivity index (χ0n) is 17.9. The van der Waals surface area contributed by atoms with Crippen LogP contribution in [0.2, 0.25) is 5.02 Å². The van der Waals surface area contributed by atoms with Crippen LogP contribution in [0.3, 0.4) is 0 Å². The van der Waals surface area contributed by atoms with Gasteiger partial charge in [-0.15, -0.1) is 0 Å². The minimum absolute atomic E-state index is 0.00220. The Morgan fingerprint density at radius 3 is 2.48 bits per heavy atom. The topological polar surface area (TPSA) is 74.2 Å². The quantitative estimate of drug-likeness (QED) is 0.433. The second kappa shape index (κ2) is 10.4. The van der Waals surface area contributed by atoms with E-state index in [2.05, 4.69) is 4.74 Å². The molecule has 3 rings (SSSR count). The third kappa shape index (κ3) is 6.60. The van der Waals surface area contributed by atoms with Gasteiger partial charge in [0, 0.05) is 25.0 Å². The summed E-state index contributed by atoms with van der Waals surface area (Å²) in [6.07, 6.45) is -2.52. The van der Waals surface area contributed by atoms with Crippen LogP contribution >= 0.6 is 11.6 Å². The van der Waals surface area contributed by atoms with Crippen molar-refractivity contribution in [1.29, 1.82) is 0 Å². The molecule has 1 unspecified atom stereocenters. The highest BCUT2D eigenvalue weighted by atomic mass is 35.5. The number of fused-ring (bicyclic) bond motifs is 1.